The van der Waals surface area contributed by atoms with Crippen molar-refractivity contribution in [3.63, 3.8) is 0 Å². The average Bonchev–Trinajstić information content (AvgIpc) is 3.25. The van der Waals surface area contributed by atoms with Crippen LogP contribution in [0.5, 0.6) is 0 Å². The number of thiophene rings is 1. The molecule has 8 nitrogen and oxygen atoms in total. The standard InChI is InChI=1S/C15H13N5O3S2/c21-14(16-10-3-1-4-11(7-10)20(22)23)9-25-15-17-13(18-19-15)8-12-5-2-6-24-12/h1-7H,8-9H2,(H,16,21)(H,17,18,19). The van der Waals surface area contributed by atoms with Crippen molar-refractivity contribution in [2.45, 2.75) is 11.6 Å². The number of aromatic amines is 1. The molecule has 10 heteroatoms. The summed E-state index contributed by atoms with van der Waals surface area (Å²) < 4.78 is 0. The van der Waals surface area contributed by atoms with Gasteiger partial charge >= 0.3 is 0 Å². The molecular weight excluding hydrogens is 362 g/mol. The molecule has 0 fully saturated rings. The smallest absolute Gasteiger partial charge is 0.271 e. The number of hydrogen-bond acceptors (Lipinski definition) is 7. The molecule has 2 aromatic heterocycles. The van der Waals surface area contributed by atoms with E-state index in [0.717, 1.165) is 5.82 Å². The maximum Gasteiger partial charge on any atom is 0.271 e. The van der Waals surface area contributed by atoms with Crippen LogP contribution in [0.25, 0.3) is 0 Å². The molecule has 0 aliphatic carbocycles. The number of carbonyl (C=O) groups is 1. The van der Waals surface area contributed by atoms with E-state index in [-0.39, 0.29) is 17.3 Å². The lowest BCUT2D eigenvalue weighted by molar-refractivity contribution is -0.384. The normalized spacial score (nSPS) is 10.6. The number of rotatable bonds is 7. The van der Waals surface area contributed by atoms with Crippen molar-refractivity contribution >= 4 is 40.4 Å². The maximum absolute atomic E-state index is 12.0. The highest BCUT2D eigenvalue weighted by molar-refractivity contribution is 7.99. The van der Waals surface area contributed by atoms with E-state index in [2.05, 4.69) is 20.5 Å². The van der Waals surface area contributed by atoms with Crippen molar-refractivity contribution in [2.75, 3.05) is 11.1 Å². The van der Waals surface area contributed by atoms with Gasteiger partial charge in [0.1, 0.15) is 5.82 Å². The molecular formula is C15H13N5O3S2. The number of nitrogens with zero attached hydrogens (tertiary/aromatic N) is 3. The van der Waals surface area contributed by atoms with Crippen LogP contribution >= 0.6 is 23.1 Å². The van der Waals surface area contributed by atoms with Crippen LogP contribution < -0.4 is 5.32 Å². The van der Waals surface area contributed by atoms with Crippen molar-refractivity contribution in [1.82, 2.24) is 15.2 Å². The highest BCUT2D eigenvalue weighted by Crippen LogP contribution is 2.19. The van der Waals surface area contributed by atoms with Gasteiger partial charge in [-0.2, -0.15) is 0 Å². The lowest BCUT2D eigenvalue weighted by Gasteiger charge is -2.03. The summed E-state index contributed by atoms with van der Waals surface area (Å²) in [5, 5.41) is 22.8. The summed E-state index contributed by atoms with van der Waals surface area (Å²) in [5.41, 5.74) is 0.311. The first-order valence-electron chi connectivity index (χ1n) is 7.21. The number of thioether (sulfide) groups is 1. The second-order valence-electron chi connectivity index (χ2n) is 4.97. The first-order chi connectivity index (χ1) is 12.1. The largest absolute Gasteiger partial charge is 0.325 e. The Morgan fingerprint density at radius 3 is 3.00 bits per heavy atom. The van der Waals surface area contributed by atoms with Crippen LogP contribution in [0.4, 0.5) is 11.4 Å². The predicted octanol–water partition coefficient (Wildman–Crippen LogP) is 3.10. The summed E-state index contributed by atoms with van der Waals surface area (Å²) in [6.45, 7) is 0. The summed E-state index contributed by atoms with van der Waals surface area (Å²) in [4.78, 5) is 27.7. The Kier molecular flexibility index (Phi) is 5.41. The molecule has 0 saturated heterocycles. The van der Waals surface area contributed by atoms with Gasteiger partial charge in [-0.1, -0.05) is 23.9 Å². The number of nitro groups is 1. The SMILES string of the molecule is O=C(CSc1n[nH]c(Cc2cccs2)n1)Nc1cccc([N+](=O)[O-])c1. The van der Waals surface area contributed by atoms with Gasteiger partial charge in [0.15, 0.2) is 0 Å². The molecule has 0 aliphatic rings. The second kappa shape index (κ2) is 7.90. The number of nitro benzene ring substituents is 1. The van der Waals surface area contributed by atoms with E-state index in [0.29, 0.717) is 17.3 Å². The molecule has 3 rings (SSSR count). The van der Waals surface area contributed by atoms with Crippen LogP contribution in [0, 0.1) is 10.1 Å². The van der Waals surface area contributed by atoms with Gasteiger partial charge in [-0.3, -0.25) is 20.0 Å². The van der Waals surface area contributed by atoms with E-state index >= 15 is 0 Å². The van der Waals surface area contributed by atoms with Crippen LogP contribution in [-0.2, 0) is 11.2 Å². The molecule has 2 heterocycles. The van der Waals surface area contributed by atoms with E-state index in [1.807, 2.05) is 17.5 Å². The van der Waals surface area contributed by atoms with Crippen LogP contribution in [0.15, 0.2) is 46.9 Å². The van der Waals surface area contributed by atoms with E-state index in [9.17, 15) is 14.9 Å². The van der Waals surface area contributed by atoms with Gasteiger partial charge in [0.2, 0.25) is 11.1 Å². The summed E-state index contributed by atoms with van der Waals surface area (Å²) in [6, 6.07) is 9.80. The van der Waals surface area contributed by atoms with Crippen molar-refractivity contribution in [1.29, 1.82) is 0 Å². The number of hydrogen-bond donors (Lipinski definition) is 2. The molecule has 0 bridgehead atoms. The zero-order valence-electron chi connectivity index (χ0n) is 12.8. The number of benzene rings is 1. The number of anilines is 1. The third kappa shape index (κ3) is 4.88. The topological polar surface area (TPSA) is 114 Å². The molecule has 2 N–H and O–H groups in total. The fourth-order valence-corrected chi connectivity index (χ4v) is 3.35. The highest BCUT2D eigenvalue weighted by Gasteiger charge is 2.11. The molecule has 0 spiro atoms. The number of nitrogens with one attached hydrogen (secondary N) is 2. The molecule has 0 unspecified atom stereocenters. The molecule has 128 valence electrons. The number of carbonyl (C=O) groups excluding carboxylic acids is 1. The van der Waals surface area contributed by atoms with Crippen LogP contribution in [0.2, 0.25) is 0 Å². The summed E-state index contributed by atoms with van der Waals surface area (Å²) in [7, 11) is 0. The number of non-ortho nitro benzene ring substituents is 1. The van der Waals surface area contributed by atoms with E-state index in [1.54, 1.807) is 17.4 Å². The predicted molar refractivity (Wildman–Crippen MR) is 96.0 cm³/mol. The van der Waals surface area contributed by atoms with Crippen molar-refractivity contribution < 1.29 is 9.72 Å². The minimum Gasteiger partial charge on any atom is -0.325 e. The second-order valence-corrected chi connectivity index (χ2v) is 6.94. The summed E-state index contributed by atoms with van der Waals surface area (Å²) in [5.74, 6) is 0.568. The minimum atomic E-state index is -0.507. The van der Waals surface area contributed by atoms with Gasteiger partial charge in [0, 0.05) is 29.1 Å². The maximum atomic E-state index is 12.0. The summed E-state index contributed by atoms with van der Waals surface area (Å²) in [6.07, 6.45) is 0.672. The molecule has 25 heavy (non-hydrogen) atoms. The monoisotopic (exact) mass is 375 g/mol. The van der Waals surface area contributed by atoms with Crippen LogP contribution in [0.3, 0.4) is 0 Å². The highest BCUT2D eigenvalue weighted by atomic mass is 32.2. The van der Waals surface area contributed by atoms with Gasteiger partial charge in [-0.25, -0.2) is 4.98 Å². The lowest BCUT2D eigenvalue weighted by atomic mass is 10.3. The first-order valence-corrected chi connectivity index (χ1v) is 9.07. The number of H-pyrrole nitrogens is 1. The van der Waals surface area contributed by atoms with Crippen LogP contribution in [0.1, 0.15) is 10.7 Å². The van der Waals surface area contributed by atoms with Crippen molar-refractivity contribution in [3.05, 3.63) is 62.6 Å². The molecule has 0 aliphatic heterocycles. The zero-order valence-corrected chi connectivity index (χ0v) is 14.5. The molecule has 0 radical (unpaired) electrons. The summed E-state index contributed by atoms with van der Waals surface area (Å²) >= 11 is 2.84. The van der Waals surface area contributed by atoms with E-state index in [4.69, 9.17) is 0 Å². The number of amides is 1. The van der Waals surface area contributed by atoms with Crippen molar-refractivity contribution in [3.8, 4) is 0 Å². The third-order valence-corrected chi connectivity index (χ3v) is 4.83. The quantitative estimate of drug-likeness (QED) is 0.373. The van der Waals surface area contributed by atoms with E-state index < -0.39 is 4.92 Å². The Hall–Kier alpha value is -2.72. The van der Waals surface area contributed by atoms with E-state index in [1.165, 1.54) is 34.8 Å². The fraction of sp³-hybridized carbons (Fsp3) is 0.133. The van der Waals surface area contributed by atoms with Gasteiger partial charge < -0.3 is 5.32 Å². The Morgan fingerprint density at radius 1 is 1.36 bits per heavy atom. The van der Waals surface area contributed by atoms with Gasteiger partial charge in [-0.05, 0) is 17.5 Å². The molecule has 3 aromatic rings. The van der Waals surface area contributed by atoms with Gasteiger partial charge in [0.25, 0.3) is 5.69 Å². The van der Waals surface area contributed by atoms with Gasteiger partial charge in [-0.15, -0.1) is 16.4 Å². The molecule has 1 aromatic carbocycles. The van der Waals surface area contributed by atoms with Crippen LogP contribution in [-0.4, -0.2) is 31.8 Å². The van der Waals surface area contributed by atoms with Crippen molar-refractivity contribution in [2.24, 2.45) is 0 Å². The third-order valence-electron chi connectivity index (χ3n) is 3.11. The first kappa shape index (κ1) is 17.1. The lowest BCUT2D eigenvalue weighted by Crippen LogP contribution is -2.14. The Bertz CT molecular complexity index is 879. The van der Waals surface area contributed by atoms with Gasteiger partial charge in [0.05, 0.1) is 10.7 Å². The molecule has 0 atom stereocenters. The fourth-order valence-electron chi connectivity index (χ4n) is 2.02. The minimum absolute atomic E-state index is 0.0716. The Morgan fingerprint density at radius 2 is 2.24 bits per heavy atom. The number of aromatic nitrogens is 3. The average molecular weight is 375 g/mol. The molecule has 1 amide bonds. The Labute approximate surface area is 150 Å². The molecule has 0 saturated carbocycles. The zero-order chi connectivity index (χ0) is 17.6. The Balaban J connectivity index is 1.51.